The zero-order valence-corrected chi connectivity index (χ0v) is 11.3. The number of carbonyl (C=O) groups excluding carboxylic acids is 1. The van der Waals surface area contributed by atoms with Crippen LogP contribution in [-0.2, 0) is 4.74 Å². The first-order chi connectivity index (χ1) is 7.56. The zero-order valence-electron chi connectivity index (χ0n) is 9.14. The van der Waals surface area contributed by atoms with E-state index in [9.17, 15) is 9.18 Å². The van der Waals surface area contributed by atoms with Gasteiger partial charge in [-0.15, -0.1) is 0 Å². The fraction of sp³-hybridized carbons (Fsp3) is 0.417. The molecular formula is C12H12FIO2. The largest absolute Gasteiger partial charge is 0.465 e. The van der Waals surface area contributed by atoms with E-state index in [4.69, 9.17) is 0 Å². The van der Waals surface area contributed by atoms with E-state index in [0.29, 0.717) is 11.5 Å². The Morgan fingerprint density at radius 2 is 2.19 bits per heavy atom. The maximum absolute atomic E-state index is 13.8. The van der Waals surface area contributed by atoms with Crippen LogP contribution in [0.1, 0.15) is 40.2 Å². The fourth-order valence-electron chi connectivity index (χ4n) is 1.82. The molecule has 1 aromatic rings. The van der Waals surface area contributed by atoms with Gasteiger partial charge < -0.3 is 4.74 Å². The molecule has 2 rings (SSSR count). The van der Waals surface area contributed by atoms with Gasteiger partial charge in [-0.05, 0) is 65.5 Å². The lowest BCUT2D eigenvalue weighted by atomic mass is 10.0. The topological polar surface area (TPSA) is 26.3 Å². The molecule has 0 atom stereocenters. The molecule has 0 bridgehead atoms. The lowest BCUT2D eigenvalue weighted by Gasteiger charge is -2.11. The predicted octanol–water partition coefficient (Wildman–Crippen LogP) is 3.40. The van der Waals surface area contributed by atoms with Crippen molar-refractivity contribution in [2.75, 3.05) is 7.11 Å². The molecule has 0 aliphatic heterocycles. The number of carbonyl (C=O) groups is 1. The van der Waals surface area contributed by atoms with Crippen LogP contribution in [0, 0.1) is 16.3 Å². The van der Waals surface area contributed by atoms with Crippen molar-refractivity contribution in [2.45, 2.75) is 25.7 Å². The molecule has 0 amide bonds. The standard InChI is InChI=1S/C12H12FIO2/c1-6-10(12(15)16-2)9(13)5-8(11(6)14)7-3-4-7/h5,7H,3-4H2,1-2H3. The Kier molecular flexibility index (Phi) is 3.19. The number of esters is 1. The molecule has 1 aromatic carbocycles. The molecule has 2 nitrogen and oxygen atoms in total. The average molecular weight is 334 g/mol. The van der Waals surface area contributed by atoms with E-state index < -0.39 is 11.8 Å². The number of ether oxygens (including phenoxy) is 1. The third kappa shape index (κ3) is 1.95. The van der Waals surface area contributed by atoms with Crippen LogP contribution in [0.15, 0.2) is 6.07 Å². The first kappa shape index (κ1) is 11.8. The van der Waals surface area contributed by atoms with Gasteiger partial charge in [-0.1, -0.05) is 0 Å². The summed E-state index contributed by atoms with van der Waals surface area (Å²) >= 11 is 2.18. The molecule has 1 aliphatic rings. The van der Waals surface area contributed by atoms with E-state index in [1.165, 1.54) is 13.2 Å². The molecule has 0 spiro atoms. The summed E-state index contributed by atoms with van der Waals surface area (Å²) in [6, 6.07) is 1.48. The second-order valence-electron chi connectivity index (χ2n) is 4.03. The summed E-state index contributed by atoms with van der Waals surface area (Å²) < 4.78 is 19.4. The molecule has 1 fully saturated rings. The minimum Gasteiger partial charge on any atom is -0.465 e. The zero-order chi connectivity index (χ0) is 11.9. The number of hydrogen-bond acceptors (Lipinski definition) is 2. The molecule has 16 heavy (non-hydrogen) atoms. The highest BCUT2D eigenvalue weighted by molar-refractivity contribution is 14.1. The Bertz CT molecular complexity index is 453. The Labute approximate surface area is 107 Å². The Morgan fingerprint density at radius 3 is 2.69 bits per heavy atom. The monoisotopic (exact) mass is 334 g/mol. The van der Waals surface area contributed by atoms with E-state index in [1.54, 1.807) is 6.92 Å². The van der Waals surface area contributed by atoms with Crippen LogP contribution in [0.5, 0.6) is 0 Å². The second-order valence-corrected chi connectivity index (χ2v) is 5.11. The van der Waals surface area contributed by atoms with Gasteiger partial charge in [-0.25, -0.2) is 9.18 Å². The van der Waals surface area contributed by atoms with E-state index in [2.05, 4.69) is 27.3 Å². The van der Waals surface area contributed by atoms with Crippen LogP contribution in [0.2, 0.25) is 0 Å². The summed E-state index contributed by atoms with van der Waals surface area (Å²) in [6.45, 7) is 1.77. The third-order valence-corrected chi connectivity index (χ3v) is 4.32. The van der Waals surface area contributed by atoms with E-state index in [1.807, 2.05) is 0 Å². The van der Waals surface area contributed by atoms with Crippen LogP contribution in [0.4, 0.5) is 4.39 Å². The normalized spacial score (nSPS) is 15.0. The van der Waals surface area contributed by atoms with Crippen LogP contribution < -0.4 is 0 Å². The van der Waals surface area contributed by atoms with Gasteiger partial charge in [0.2, 0.25) is 0 Å². The smallest absolute Gasteiger partial charge is 0.341 e. The molecule has 0 N–H and O–H groups in total. The van der Waals surface area contributed by atoms with Crippen LogP contribution in [0.3, 0.4) is 0 Å². The second kappa shape index (κ2) is 4.31. The van der Waals surface area contributed by atoms with Gasteiger partial charge in [0, 0.05) is 3.57 Å². The van der Waals surface area contributed by atoms with E-state index in [-0.39, 0.29) is 5.56 Å². The molecular weight excluding hydrogens is 322 g/mol. The number of halogens is 2. The number of hydrogen-bond donors (Lipinski definition) is 0. The highest BCUT2D eigenvalue weighted by Crippen LogP contribution is 2.43. The maximum Gasteiger partial charge on any atom is 0.341 e. The molecule has 1 aliphatic carbocycles. The molecule has 0 aromatic heterocycles. The molecule has 0 heterocycles. The van der Waals surface area contributed by atoms with E-state index in [0.717, 1.165) is 22.0 Å². The number of benzene rings is 1. The average Bonchev–Trinajstić information content (AvgIpc) is 3.07. The summed E-state index contributed by atoms with van der Waals surface area (Å²) in [4.78, 5) is 11.4. The van der Waals surface area contributed by atoms with Crippen molar-refractivity contribution in [3.8, 4) is 0 Å². The lowest BCUT2D eigenvalue weighted by molar-refractivity contribution is 0.0594. The van der Waals surface area contributed by atoms with Gasteiger partial charge in [-0.3, -0.25) is 0 Å². The Hall–Kier alpha value is -0.650. The highest BCUT2D eigenvalue weighted by atomic mass is 127. The molecule has 0 unspecified atom stereocenters. The lowest BCUT2D eigenvalue weighted by Crippen LogP contribution is -2.10. The van der Waals surface area contributed by atoms with Crippen molar-refractivity contribution in [3.63, 3.8) is 0 Å². The van der Waals surface area contributed by atoms with Crippen LogP contribution in [0.25, 0.3) is 0 Å². The Balaban J connectivity index is 2.55. The number of methoxy groups -OCH3 is 1. The van der Waals surface area contributed by atoms with E-state index >= 15 is 0 Å². The SMILES string of the molecule is COC(=O)c1c(F)cc(C2CC2)c(I)c1C. The van der Waals surface area contributed by atoms with Gasteiger partial charge in [-0.2, -0.15) is 0 Å². The predicted molar refractivity (Wildman–Crippen MR) is 67.2 cm³/mol. The Morgan fingerprint density at radius 1 is 1.56 bits per heavy atom. The van der Waals surface area contributed by atoms with Gasteiger partial charge in [0.05, 0.1) is 12.7 Å². The third-order valence-electron chi connectivity index (χ3n) is 2.89. The first-order valence-corrected chi connectivity index (χ1v) is 6.21. The van der Waals surface area contributed by atoms with Crippen molar-refractivity contribution >= 4 is 28.6 Å². The van der Waals surface area contributed by atoms with Gasteiger partial charge in [0.15, 0.2) is 0 Å². The summed E-state index contributed by atoms with van der Waals surface area (Å²) in [6.07, 6.45) is 2.24. The van der Waals surface area contributed by atoms with Crippen molar-refractivity contribution in [1.29, 1.82) is 0 Å². The minimum atomic E-state index is -0.602. The van der Waals surface area contributed by atoms with Gasteiger partial charge in [0.25, 0.3) is 0 Å². The summed E-state index contributed by atoms with van der Waals surface area (Å²) in [5.74, 6) is -0.589. The highest BCUT2D eigenvalue weighted by Gasteiger charge is 2.29. The fourth-order valence-corrected chi connectivity index (χ4v) is 2.69. The summed E-state index contributed by atoms with van der Waals surface area (Å²) in [5.41, 5.74) is 1.79. The molecule has 86 valence electrons. The van der Waals surface area contributed by atoms with Gasteiger partial charge >= 0.3 is 5.97 Å². The molecule has 0 saturated heterocycles. The van der Waals surface area contributed by atoms with Crippen molar-refractivity contribution in [2.24, 2.45) is 0 Å². The summed E-state index contributed by atoms with van der Waals surface area (Å²) in [7, 11) is 1.27. The number of rotatable bonds is 2. The molecule has 4 heteroatoms. The van der Waals surface area contributed by atoms with Crippen LogP contribution >= 0.6 is 22.6 Å². The van der Waals surface area contributed by atoms with Crippen molar-refractivity contribution in [1.82, 2.24) is 0 Å². The minimum absolute atomic E-state index is 0.0660. The van der Waals surface area contributed by atoms with Crippen molar-refractivity contribution < 1.29 is 13.9 Å². The molecule has 1 saturated carbocycles. The van der Waals surface area contributed by atoms with Gasteiger partial charge in [0.1, 0.15) is 5.82 Å². The van der Waals surface area contributed by atoms with Crippen LogP contribution in [-0.4, -0.2) is 13.1 Å². The first-order valence-electron chi connectivity index (χ1n) is 5.13. The quantitative estimate of drug-likeness (QED) is 0.612. The summed E-state index contributed by atoms with van der Waals surface area (Å²) in [5, 5.41) is 0. The molecule has 0 radical (unpaired) electrons. The maximum atomic E-state index is 13.8. The van der Waals surface area contributed by atoms with Crippen molar-refractivity contribution in [3.05, 3.63) is 32.1 Å².